The molecular formula is C17H19IN10. The van der Waals surface area contributed by atoms with E-state index in [4.69, 9.17) is 5.41 Å². The number of halogens is 1. The molecule has 2 aliphatic rings. The van der Waals surface area contributed by atoms with Crippen LogP contribution in [0.25, 0.3) is 11.5 Å². The number of anilines is 2. The Morgan fingerprint density at radius 2 is 1.96 bits per heavy atom. The third kappa shape index (κ3) is 3.02. The normalized spacial score (nSPS) is 16.2. The molecule has 0 radical (unpaired) electrons. The van der Waals surface area contributed by atoms with Gasteiger partial charge < -0.3 is 9.80 Å². The van der Waals surface area contributed by atoms with Crippen LogP contribution in [0.1, 0.15) is 18.7 Å². The van der Waals surface area contributed by atoms with E-state index in [1.807, 2.05) is 15.8 Å². The van der Waals surface area contributed by atoms with Gasteiger partial charge in [0.05, 0.1) is 30.8 Å². The molecule has 0 spiro atoms. The molecule has 11 heteroatoms. The van der Waals surface area contributed by atoms with Crippen LogP contribution in [0.4, 0.5) is 11.5 Å². The summed E-state index contributed by atoms with van der Waals surface area (Å²) in [6.07, 6.45) is 9.63. The highest BCUT2D eigenvalue weighted by Crippen LogP contribution is 2.25. The molecule has 5 rings (SSSR count). The second kappa shape index (κ2) is 7.11. The van der Waals surface area contributed by atoms with Gasteiger partial charge in [0, 0.05) is 30.3 Å². The number of aryl methyl sites for hydroxylation is 1. The summed E-state index contributed by atoms with van der Waals surface area (Å²) in [7, 11) is 0. The van der Waals surface area contributed by atoms with Gasteiger partial charge in [0.25, 0.3) is 0 Å². The van der Waals surface area contributed by atoms with Crippen LogP contribution < -0.4 is 9.80 Å². The molecule has 0 saturated carbocycles. The quantitative estimate of drug-likeness (QED) is 0.430. The van der Waals surface area contributed by atoms with Gasteiger partial charge in [-0.2, -0.15) is 9.78 Å². The van der Waals surface area contributed by atoms with Crippen molar-refractivity contribution in [1.29, 1.82) is 5.41 Å². The van der Waals surface area contributed by atoms with E-state index in [1.54, 1.807) is 23.3 Å². The van der Waals surface area contributed by atoms with E-state index in [0.717, 1.165) is 35.6 Å². The van der Waals surface area contributed by atoms with Crippen molar-refractivity contribution in [3.05, 3.63) is 30.6 Å². The van der Waals surface area contributed by atoms with Gasteiger partial charge in [-0.1, -0.05) is 22.6 Å². The van der Waals surface area contributed by atoms with E-state index in [0.29, 0.717) is 23.9 Å². The number of fused-ring (bicyclic) bond motifs is 1. The van der Waals surface area contributed by atoms with Gasteiger partial charge in [0.1, 0.15) is 11.5 Å². The third-order valence-electron chi connectivity index (χ3n) is 4.97. The lowest BCUT2D eigenvalue weighted by Crippen LogP contribution is -2.27. The molecule has 1 N–H and O–H groups in total. The van der Waals surface area contributed by atoms with Gasteiger partial charge in [-0.3, -0.25) is 10.1 Å². The van der Waals surface area contributed by atoms with Crippen molar-refractivity contribution in [2.24, 2.45) is 0 Å². The van der Waals surface area contributed by atoms with E-state index in [2.05, 4.69) is 52.6 Å². The van der Waals surface area contributed by atoms with Crippen LogP contribution in [-0.2, 0) is 13.1 Å². The average Bonchev–Trinajstić information content (AvgIpc) is 3.48. The summed E-state index contributed by atoms with van der Waals surface area (Å²) < 4.78 is 4.42. The summed E-state index contributed by atoms with van der Waals surface area (Å²) in [6.45, 7) is 3.40. The fourth-order valence-corrected chi connectivity index (χ4v) is 4.01. The molecule has 3 aromatic heterocycles. The number of hydrogen-bond donors (Lipinski definition) is 1. The van der Waals surface area contributed by atoms with Crippen molar-refractivity contribution < 1.29 is 0 Å². The summed E-state index contributed by atoms with van der Waals surface area (Å²) in [5, 5.41) is 17.3. The highest BCUT2D eigenvalue weighted by atomic mass is 127. The smallest absolute Gasteiger partial charge is 0.225 e. The molecule has 2 aliphatic heterocycles. The van der Waals surface area contributed by atoms with E-state index in [9.17, 15) is 0 Å². The van der Waals surface area contributed by atoms with Crippen molar-refractivity contribution in [2.45, 2.75) is 25.9 Å². The molecule has 1 fully saturated rings. The van der Waals surface area contributed by atoms with Gasteiger partial charge in [-0.25, -0.2) is 15.0 Å². The maximum absolute atomic E-state index is 8.46. The lowest BCUT2D eigenvalue weighted by molar-refractivity contribution is 0.672. The maximum Gasteiger partial charge on any atom is 0.225 e. The van der Waals surface area contributed by atoms with E-state index < -0.39 is 0 Å². The molecule has 0 aromatic carbocycles. The first-order valence-electron chi connectivity index (χ1n) is 9.21. The van der Waals surface area contributed by atoms with Gasteiger partial charge in [0.2, 0.25) is 11.8 Å². The highest BCUT2D eigenvalue weighted by Gasteiger charge is 2.30. The Morgan fingerprint density at radius 1 is 1.11 bits per heavy atom. The fourth-order valence-electron chi connectivity index (χ4n) is 3.52. The lowest BCUT2D eigenvalue weighted by atomic mass is 10.4. The summed E-state index contributed by atoms with van der Waals surface area (Å²) >= 11 is 2.32. The minimum absolute atomic E-state index is 0.268. The first kappa shape index (κ1) is 17.5. The Labute approximate surface area is 175 Å². The second-order valence-corrected chi connectivity index (χ2v) is 7.86. The largest absolute Gasteiger partial charge is 0.355 e. The summed E-state index contributed by atoms with van der Waals surface area (Å²) in [5.41, 5.74) is 1.50. The topological polar surface area (TPSA) is 105 Å². The second-order valence-electron chi connectivity index (χ2n) is 6.78. The minimum Gasteiger partial charge on any atom is -0.355 e. The molecule has 0 amide bonds. The molecule has 0 bridgehead atoms. The zero-order valence-corrected chi connectivity index (χ0v) is 17.3. The zero-order chi connectivity index (χ0) is 19.1. The molecule has 0 aliphatic carbocycles. The van der Waals surface area contributed by atoms with Crippen LogP contribution in [-0.4, -0.2) is 58.0 Å². The molecule has 0 atom stereocenters. The molecule has 1 saturated heterocycles. The zero-order valence-electron chi connectivity index (χ0n) is 15.2. The number of nitrogens with zero attached hydrogens (tertiary/aromatic N) is 9. The van der Waals surface area contributed by atoms with Crippen LogP contribution >= 0.6 is 22.6 Å². The van der Waals surface area contributed by atoms with Crippen LogP contribution in [0.15, 0.2) is 24.8 Å². The van der Waals surface area contributed by atoms with Gasteiger partial charge in [0.15, 0.2) is 5.82 Å². The van der Waals surface area contributed by atoms with Crippen LogP contribution in [0.3, 0.4) is 0 Å². The summed E-state index contributed by atoms with van der Waals surface area (Å²) in [4.78, 5) is 17.7. The Balaban J connectivity index is 1.35. The number of nitrogens with one attached hydrogen (secondary N) is 1. The fraction of sp³-hybridized carbons (Fsp3) is 0.412. The first-order valence-corrected chi connectivity index (χ1v) is 10.7. The van der Waals surface area contributed by atoms with Crippen molar-refractivity contribution in [1.82, 2.24) is 34.5 Å². The Bertz CT molecular complexity index is 1000. The maximum atomic E-state index is 8.46. The third-order valence-corrected chi connectivity index (χ3v) is 5.45. The Kier molecular flexibility index (Phi) is 4.45. The van der Waals surface area contributed by atoms with Gasteiger partial charge in [-0.05, 0) is 12.8 Å². The van der Waals surface area contributed by atoms with Crippen molar-refractivity contribution >= 4 is 40.1 Å². The van der Waals surface area contributed by atoms with Crippen LogP contribution in [0.5, 0.6) is 0 Å². The monoisotopic (exact) mass is 490 g/mol. The molecule has 5 heterocycles. The molecule has 3 aromatic rings. The van der Waals surface area contributed by atoms with Gasteiger partial charge >= 0.3 is 0 Å². The number of alkyl halides is 1. The number of hydrogen-bond acceptors (Lipinski definition) is 7. The minimum atomic E-state index is 0.268. The standard InChI is InChI=1S/C17H19IN10/c18-3-6-26-10-12(7-22-26)27-11-15-23-16(24-28(15)17(27)19)13-8-21-14(9-20-13)25-4-1-2-5-25/h7-10,19H,1-6,11H2. The lowest BCUT2D eigenvalue weighted by Gasteiger charge is -2.15. The number of aromatic nitrogens is 7. The predicted octanol–water partition coefficient (Wildman–Crippen LogP) is 1.77. The SMILES string of the molecule is N=C1N(c2cnn(CCI)c2)Cc2nc(-c3cnc(N4CCCC4)cn3)nn21. The summed E-state index contributed by atoms with van der Waals surface area (Å²) in [6, 6.07) is 0. The van der Waals surface area contributed by atoms with Crippen molar-refractivity contribution in [3.8, 4) is 11.5 Å². The number of rotatable bonds is 5. The van der Waals surface area contributed by atoms with Crippen LogP contribution in [0.2, 0.25) is 0 Å². The van der Waals surface area contributed by atoms with Crippen LogP contribution in [0, 0.1) is 5.41 Å². The van der Waals surface area contributed by atoms with E-state index >= 15 is 0 Å². The molecule has 10 nitrogen and oxygen atoms in total. The first-order chi connectivity index (χ1) is 13.7. The van der Waals surface area contributed by atoms with Crippen molar-refractivity contribution in [3.63, 3.8) is 0 Å². The van der Waals surface area contributed by atoms with E-state index in [1.165, 1.54) is 12.8 Å². The van der Waals surface area contributed by atoms with E-state index in [-0.39, 0.29) is 5.96 Å². The highest BCUT2D eigenvalue weighted by molar-refractivity contribution is 14.1. The van der Waals surface area contributed by atoms with Crippen molar-refractivity contribution in [2.75, 3.05) is 27.3 Å². The Hall–Kier alpha value is -2.57. The molecular weight excluding hydrogens is 471 g/mol. The predicted molar refractivity (Wildman–Crippen MR) is 113 cm³/mol. The average molecular weight is 490 g/mol. The Morgan fingerprint density at radius 3 is 2.68 bits per heavy atom. The molecule has 28 heavy (non-hydrogen) atoms. The van der Waals surface area contributed by atoms with Gasteiger partial charge in [-0.15, -0.1) is 5.10 Å². The molecule has 0 unspecified atom stereocenters. The molecule has 144 valence electrons. The summed E-state index contributed by atoms with van der Waals surface area (Å²) in [5.74, 6) is 2.38.